The zero-order valence-electron chi connectivity index (χ0n) is 16.1. The number of hydrogen-bond donors (Lipinski definition) is 1. The van der Waals surface area contributed by atoms with Crippen molar-refractivity contribution in [2.75, 3.05) is 11.9 Å². The lowest BCUT2D eigenvalue weighted by Crippen LogP contribution is -2.13. The smallest absolute Gasteiger partial charge is 0.259 e. The van der Waals surface area contributed by atoms with Crippen molar-refractivity contribution in [2.24, 2.45) is 0 Å². The summed E-state index contributed by atoms with van der Waals surface area (Å²) in [4.78, 5) is 17.3. The number of carbonyl (C=O) groups is 1. The molecule has 1 aromatic heterocycles. The maximum absolute atomic E-state index is 12.9. The van der Waals surface area contributed by atoms with E-state index in [1.54, 1.807) is 48.5 Å². The van der Waals surface area contributed by atoms with Gasteiger partial charge in [-0.1, -0.05) is 41.0 Å². The topological polar surface area (TPSA) is 77.2 Å². The van der Waals surface area contributed by atoms with E-state index in [0.29, 0.717) is 39.8 Å². The van der Waals surface area contributed by atoms with Crippen LogP contribution in [0, 0.1) is 0 Å². The predicted octanol–water partition coefficient (Wildman–Crippen LogP) is 5.71. The monoisotopic (exact) mass is 419 g/mol. The Labute approximate surface area is 178 Å². The summed E-state index contributed by atoms with van der Waals surface area (Å²) in [6.07, 6.45) is 0. The van der Waals surface area contributed by atoms with E-state index in [1.807, 2.05) is 31.2 Å². The average molecular weight is 420 g/mol. The molecule has 0 unspecified atom stereocenters. The molecule has 1 N–H and O–H groups in total. The van der Waals surface area contributed by atoms with Gasteiger partial charge in [-0.15, -0.1) is 0 Å². The Balaban J connectivity index is 1.60. The third-order valence-electron chi connectivity index (χ3n) is 4.37. The summed E-state index contributed by atoms with van der Waals surface area (Å²) in [5.74, 6) is 1.06. The molecule has 0 aliphatic heterocycles. The highest BCUT2D eigenvalue weighted by molar-refractivity contribution is 6.33. The van der Waals surface area contributed by atoms with E-state index in [1.165, 1.54) is 0 Å². The minimum Gasteiger partial charge on any atom is -0.494 e. The Bertz CT molecular complexity index is 1170. The van der Waals surface area contributed by atoms with Crippen molar-refractivity contribution >= 4 is 23.2 Å². The van der Waals surface area contributed by atoms with Crippen molar-refractivity contribution in [3.8, 4) is 28.6 Å². The molecule has 1 heterocycles. The molecule has 0 saturated carbocycles. The fourth-order valence-corrected chi connectivity index (χ4v) is 3.17. The first-order valence-electron chi connectivity index (χ1n) is 9.38. The van der Waals surface area contributed by atoms with Crippen LogP contribution in [0.3, 0.4) is 0 Å². The number of amides is 1. The van der Waals surface area contributed by atoms with Crippen molar-refractivity contribution in [3.05, 3.63) is 83.4 Å². The number of benzene rings is 3. The third-order valence-corrected chi connectivity index (χ3v) is 4.70. The van der Waals surface area contributed by atoms with Gasteiger partial charge < -0.3 is 14.6 Å². The highest BCUT2D eigenvalue weighted by Gasteiger charge is 2.19. The van der Waals surface area contributed by atoms with Gasteiger partial charge >= 0.3 is 0 Å². The number of rotatable bonds is 6. The highest BCUT2D eigenvalue weighted by atomic mass is 35.5. The van der Waals surface area contributed by atoms with Gasteiger partial charge in [0.25, 0.3) is 11.8 Å². The summed E-state index contributed by atoms with van der Waals surface area (Å²) in [6, 6.07) is 21.5. The van der Waals surface area contributed by atoms with E-state index in [9.17, 15) is 4.79 Å². The maximum atomic E-state index is 12.9. The molecule has 150 valence electrons. The largest absolute Gasteiger partial charge is 0.494 e. The Morgan fingerprint density at radius 3 is 2.43 bits per heavy atom. The second-order valence-electron chi connectivity index (χ2n) is 6.36. The first-order chi connectivity index (χ1) is 14.7. The van der Waals surface area contributed by atoms with E-state index in [2.05, 4.69) is 15.5 Å². The minimum atomic E-state index is -0.285. The lowest BCUT2D eigenvalue weighted by Gasteiger charge is -2.09. The second kappa shape index (κ2) is 8.80. The number of anilines is 1. The van der Waals surface area contributed by atoms with Crippen LogP contribution in [0.15, 0.2) is 77.3 Å². The Morgan fingerprint density at radius 1 is 1.00 bits per heavy atom. The number of hydrogen-bond acceptors (Lipinski definition) is 5. The van der Waals surface area contributed by atoms with Gasteiger partial charge in [0.15, 0.2) is 0 Å². The number of ether oxygens (including phenoxy) is 1. The van der Waals surface area contributed by atoms with Gasteiger partial charge in [0.1, 0.15) is 5.75 Å². The normalized spacial score (nSPS) is 10.6. The first-order valence-corrected chi connectivity index (χ1v) is 9.75. The van der Waals surface area contributed by atoms with Gasteiger partial charge in [-0.2, -0.15) is 4.98 Å². The Morgan fingerprint density at radius 2 is 1.70 bits per heavy atom. The first kappa shape index (κ1) is 19.7. The van der Waals surface area contributed by atoms with Crippen LogP contribution in [0.4, 0.5) is 5.69 Å². The van der Waals surface area contributed by atoms with Crippen molar-refractivity contribution in [1.29, 1.82) is 0 Å². The Hall–Kier alpha value is -3.64. The van der Waals surface area contributed by atoms with Crippen LogP contribution in [-0.2, 0) is 0 Å². The Kier molecular flexibility index (Phi) is 5.77. The van der Waals surface area contributed by atoms with Gasteiger partial charge in [-0.25, -0.2) is 0 Å². The standard InChI is InChI=1S/C23H18ClN3O3/c1-2-29-16-13-11-15(12-14-16)25-22(28)17-7-3-4-8-18(17)23-26-21(27-30-23)19-9-5-6-10-20(19)24/h3-14H,2H2,1H3,(H,25,28). The van der Waals surface area contributed by atoms with E-state index in [0.717, 1.165) is 5.75 Å². The maximum Gasteiger partial charge on any atom is 0.259 e. The summed E-state index contributed by atoms with van der Waals surface area (Å²) in [5.41, 5.74) is 2.26. The van der Waals surface area contributed by atoms with Gasteiger partial charge in [0.2, 0.25) is 5.82 Å². The van der Waals surface area contributed by atoms with Crippen molar-refractivity contribution in [1.82, 2.24) is 10.1 Å². The minimum absolute atomic E-state index is 0.238. The van der Waals surface area contributed by atoms with Crippen molar-refractivity contribution < 1.29 is 14.1 Å². The van der Waals surface area contributed by atoms with E-state index in [-0.39, 0.29) is 11.8 Å². The SMILES string of the molecule is CCOc1ccc(NC(=O)c2ccccc2-c2nc(-c3ccccc3Cl)no2)cc1. The molecular weight excluding hydrogens is 402 g/mol. The number of carbonyl (C=O) groups excluding carboxylic acids is 1. The molecule has 1 amide bonds. The molecule has 7 heteroatoms. The molecule has 0 radical (unpaired) electrons. The molecule has 0 spiro atoms. The van der Waals surface area contributed by atoms with Crippen molar-refractivity contribution in [2.45, 2.75) is 6.92 Å². The summed E-state index contributed by atoms with van der Waals surface area (Å²) >= 11 is 6.22. The van der Waals surface area contributed by atoms with Crippen LogP contribution in [0.25, 0.3) is 22.8 Å². The molecule has 4 rings (SSSR count). The van der Waals surface area contributed by atoms with Gasteiger partial charge in [0.05, 0.1) is 22.8 Å². The lowest BCUT2D eigenvalue weighted by molar-refractivity contribution is 0.102. The molecule has 0 atom stereocenters. The van der Waals surface area contributed by atoms with Crippen LogP contribution in [0.2, 0.25) is 5.02 Å². The molecule has 0 fully saturated rings. The summed E-state index contributed by atoms with van der Waals surface area (Å²) < 4.78 is 10.9. The van der Waals surface area contributed by atoms with Gasteiger partial charge in [0, 0.05) is 11.3 Å². The molecule has 4 aromatic rings. The summed E-state index contributed by atoms with van der Waals surface area (Å²) in [5, 5.41) is 7.42. The third kappa shape index (κ3) is 4.18. The van der Waals surface area contributed by atoms with Crippen LogP contribution in [0.1, 0.15) is 17.3 Å². The zero-order chi connectivity index (χ0) is 20.9. The molecule has 0 saturated heterocycles. The fraction of sp³-hybridized carbons (Fsp3) is 0.0870. The van der Waals surface area contributed by atoms with Crippen LogP contribution >= 0.6 is 11.6 Å². The van der Waals surface area contributed by atoms with Gasteiger partial charge in [-0.3, -0.25) is 4.79 Å². The molecular formula is C23H18ClN3O3. The van der Waals surface area contributed by atoms with Crippen LogP contribution in [0.5, 0.6) is 5.75 Å². The quantitative estimate of drug-likeness (QED) is 0.433. The molecule has 0 bridgehead atoms. The molecule has 3 aromatic carbocycles. The van der Waals surface area contributed by atoms with Crippen LogP contribution in [-0.4, -0.2) is 22.7 Å². The predicted molar refractivity (Wildman–Crippen MR) is 116 cm³/mol. The van der Waals surface area contributed by atoms with Gasteiger partial charge in [-0.05, 0) is 55.5 Å². The second-order valence-corrected chi connectivity index (χ2v) is 6.77. The summed E-state index contributed by atoms with van der Waals surface area (Å²) in [6.45, 7) is 2.50. The molecule has 30 heavy (non-hydrogen) atoms. The van der Waals surface area contributed by atoms with E-state index >= 15 is 0 Å². The molecule has 6 nitrogen and oxygen atoms in total. The van der Waals surface area contributed by atoms with Crippen LogP contribution < -0.4 is 10.1 Å². The van der Waals surface area contributed by atoms with Crippen molar-refractivity contribution in [3.63, 3.8) is 0 Å². The zero-order valence-corrected chi connectivity index (χ0v) is 16.9. The fourth-order valence-electron chi connectivity index (χ4n) is 2.95. The molecule has 0 aliphatic rings. The number of halogens is 1. The lowest BCUT2D eigenvalue weighted by atomic mass is 10.1. The molecule has 0 aliphatic carbocycles. The average Bonchev–Trinajstić information content (AvgIpc) is 3.25. The van der Waals surface area contributed by atoms with E-state index in [4.69, 9.17) is 20.9 Å². The number of nitrogens with one attached hydrogen (secondary N) is 1. The summed E-state index contributed by atoms with van der Waals surface area (Å²) in [7, 11) is 0. The van der Waals surface area contributed by atoms with E-state index < -0.39 is 0 Å². The highest BCUT2D eigenvalue weighted by Crippen LogP contribution is 2.29. The number of nitrogens with zero attached hydrogens (tertiary/aromatic N) is 2. The number of aromatic nitrogens is 2.